The van der Waals surface area contributed by atoms with E-state index in [9.17, 15) is 18.0 Å². The second-order valence-electron chi connectivity index (χ2n) is 12.3. The predicted octanol–water partition coefficient (Wildman–Crippen LogP) is 6.84. The summed E-state index contributed by atoms with van der Waals surface area (Å²) in [5, 5.41) is 3.26. The van der Waals surface area contributed by atoms with Crippen molar-refractivity contribution in [2.24, 2.45) is 0 Å². The Hall–Kier alpha value is -4.43. The van der Waals surface area contributed by atoms with E-state index in [-0.39, 0.29) is 23.4 Å². The smallest absolute Gasteiger partial charge is 0.264 e. The van der Waals surface area contributed by atoms with Crippen molar-refractivity contribution in [1.82, 2.24) is 10.2 Å². The molecule has 0 aromatic heterocycles. The highest BCUT2D eigenvalue weighted by molar-refractivity contribution is 7.92. The first-order valence-electron chi connectivity index (χ1n) is 16.6. The fourth-order valence-corrected chi connectivity index (χ4v) is 7.65. The molecule has 5 rings (SSSR count). The van der Waals surface area contributed by atoms with Gasteiger partial charge in [-0.3, -0.25) is 13.9 Å². The molecule has 1 aliphatic rings. The maximum Gasteiger partial charge on any atom is 0.264 e. The third-order valence-corrected chi connectivity index (χ3v) is 10.9. The molecule has 1 saturated carbocycles. The lowest BCUT2D eigenvalue weighted by atomic mass is 9.94. The maximum absolute atomic E-state index is 14.7. The van der Waals surface area contributed by atoms with Gasteiger partial charge in [0.2, 0.25) is 11.8 Å². The molecule has 2 amide bonds. The molecule has 0 saturated heterocycles. The zero-order chi connectivity index (χ0) is 33.2. The standard InChI is InChI=1S/C39H45N3O4S/c1-3-31-23-25-35(26-24-31)42(47(45,46)36-21-11-6-12-22-36)29-38(43)41(28-33-18-14-13-15-30(33)2)37(27-32-16-7-4-8-17-32)39(44)40-34-19-9-5-10-20-34/h4,6-8,11-18,21-26,34,37H,3,5,9-10,19-20,27-29H2,1-2H3,(H,40,44)/t37-/m0/s1. The molecule has 0 aliphatic heterocycles. The van der Waals surface area contributed by atoms with Gasteiger partial charge in [0.15, 0.2) is 0 Å². The topological polar surface area (TPSA) is 86.8 Å². The van der Waals surface area contributed by atoms with Crippen LogP contribution in [0, 0.1) is 6.92 Å². The van der Waals surface area contributed by atoms with Gasteiger partial charge in [0.25, 0.3) is 10.0 Å². The minimum absolute atomic E-state index is 0.0528. The van der Waals surface area contributed by atoms with E-state index in [0.717, 1.165) is 60.8 Å². The van der Waals surface area contributed by atoms with Crippen LogP contribution < -0.4 is 9.62 Å². The predicted molar refractivity (Wildman–Crippen MR) is 187 cm³/mol. The van der Waals surface area contributed by atoms with E-state index >= 15 is 0 Å². The Bertz CT molecular complexity index is 1720. The van der Waals surface area contributed by atoms with Gasteiger partial charge in [0, 0.05) is 19.0 Å². The minimum atomic E-state index is -4.13. The number of nitrogens with one attached hydrogen (secondary N) is 1. The molecule has 1 aliphatic carbocycles. The summed E-state index contributed by atoms with van der Waals surface area (Å²) in [5.41, 5.74) is 4.25. The number of nitrogens with zero attached hydrogens (tertiary/aromatic N) is 2. The lowest BCUT2D eigenvalue weighted by molar-refractivity contribution is -0.140. The number of carbonyl (C=O) groups is 2. The molecular formula is C39H45N3O4S. The summed E-state index contributed by atoms with van der Waals surface area (Å²) in [6.07, 6.45) is 6.19. The number of aryl methyl sites for hydroxylation is 2. The highest BCUT2D eigenvalue weighted by atomic mass is 32.2. The molecule has 4 aromatic carbocycles. The van der Waals surface area contributed by atoms with Crippen molar-refractivity contribution in [2.75, 3.05) is 10.8 Å². The van der Waals surface area contributed by atoms with Crippen LogP contribution in [0.5, 0.6) is 0 Å². The summed E-state index contributed by atoms with van der Waals surface area (Å²) in [6, 6.07) is 32.1. The SMILES string of the molecule is CCc1ccc(N(CC(=O)N(Cc2ccccc2C)[C@@H](Cc2ccccc2)C(=O)NC2CCCCC2)S(=O)(=O)c2ccccc2)cc1. The Labute approximate surface area is 279 Å². The summed E-state index contributed by atoms with van der Waals surface area (Å²) in [4.78, 5) is 30.6. The average molecular weight is 652 g/mol. The molecule has 1 atom stereocenters. The second-order valence-corrected chi connectivity index (χ2v) is 14.2. The van der Waals surface area contributed by atoms with E-state index in [2.05, 4.69) is 5.32 Å². The van der Waals surface area contributed by atoms with Gasteiger partial charge in [-0.1, -0.05) is 111 Å². The maximum atomic E-state index is 14.7. The Morgan fingerprint density at radius 2 is 1.40 bits per heavy atom. The highest BCUT2D eigenvalue weighted by Gasteiger charge is 2.35. The van der Waals surface area contributed by atoms with Gasteiger partial charge in [-0.05, 0) is 72.7 Å². The number of amides is 2. The molecule has 1 N–H and O–H groups in total. The molecule has 0 unspecified atom stereocenters. The van der Waals surface area contributed by atoms with Crippen LogP contribution in [0.2, 0.25) is 0 Å². The summed E-state index contributed by atoms with van der Waals surface area (Å²) in [6.45, 7) is 3.71. The van der Waals surface area contributed by atoms with Crippen molar-refractivity contribution in [3.63, 3.8) is 0 Å². The first-order chi connectivity index (χ1) is 22.8. The van der Waals surface area contributed by atoms with Crippen LogP contribution in [-0.4, -0.2) is 43.8 Å². The minimum Gasteiger partial charge on any atom is -0.352 e. The molecule has 246 valence electrons. The van der Waals surface area contributed by atoms with E-state index in [1.54, 1.807) is 35.2 Å². The van der Waals surface area contributed by atoms with Crippen LogP contribution >= 0.6 is 0 Å². The average Bonchev–Trinajstić information content (AvgIpc) is 3.10. The van der Waals surface area contributed by atoms with Gasteiger partial charge in [0.05, 0.1) is 10.6 Å². The van der Waals surface area contributed by atoms with E-state index in [4.69, 9.17) is 0 Å². The number of sulfonamides is 1. The van der Waals surface area contributed by atoms with Crippen LogP contribution in [0.3, 0.4) is 0 Å². The van der Waals surface area contributed by atoms with Gasteiger partial charge in [-0.2, -0.15) is 0 Å². The lowest BCUT2D eigenvalue weighted by Crippen LogP contribution is -2.55. The number of hydrogen-bond acceptors (Lipinski definition) is 4. The van der Waals surface area contributed by atoms with Crippen LogP contribution in [0.1, 0.15) is 61.3 Å². The van der Waals surface area contributed by atoms with Crippen molar-refractivity contribution >= 4 is 27.5 Å². The quantitative estimate of drug-likeness (QED) is 0.172. The van der Waals surface area contributed by atoms with Crippen LogP contribution in [0.25, 0.3) is 0 Å². The summed E-state index contributed by atoms with van der Waals surface area (Å²) in [5.74, 6) is -0.667. The van der Waals surface area contributed by atoms with Crippen molar-refractivity contribution in [3.05, 3.63) is 131 Å². The van der Waals surface area contributed by atoms with Crippen molar-refractivity contribution in [2.45, 2.75) is 82.3 Å². The Morgan fingerprint density at radius 1 is 0.787 bits per heavy atom. The van der Waals surface area contributed by atoms with Gasteiger partial charge < -0.3 is 10.2 Å². The van der Waals surface area contributed by atoms with E-state index in [0.29, 0.717) is 12.1 Å². The molecule has 0 bridgehead atoms. The summed E-state index contributed by atoms with van der Waals surface area (Å²) in [7, 11) is -4.13. The first-order valence-corrected chi connectivity index (χ1v) is 18.0. The van der Waals surface area contributed by atoms with E-state index in [1.807, 2.05) is 80.6 Å². The number of hydrogen-bond donors (Lipinski definition) is 1. The lowest BCUT2D eigenvalue weighted by Gasteiger charge is -2.35. The number of rotatable bonds is 13. The normalized spacial score (nSPS) is 14.3. The highest BCUT2D eigenvalue weighted by Crippen LogP contribution is 2.26. The molecule has 4 aromatic rings. The number of carbonyl (C=O) groups excluding carboxylic acids is 2. The molecule has 7 nitrogen and oxygen atoms in total. The number of anilines is 1. The Morgan fingerprint density at radius 3 is 2.04 bits per heavy atom. The van der Waals surface area contributed by atoms with Crippen molar-refractivity contribution in [1.29, 1.82) is 0 Å². The molecule has 8 heteroatoms. The molecule has 1 fully saturated rings. The third-order valence-electron chi connectivity index (χ3n) is 9.07. The Balaban J connectivity index is 1.56. The van der Waals surface area contributed by atoms with E-state index < -0.39 is 28.5 Å². The Kier molecular flexibility index (Phi) is 11.5. The zero-order valence-corrected chi connectivity index (χ0v) is 28.2. The monoisotopic (exact) mass is 651 g/mol. The fourth-order valence-electron chi connectivity index (χ4n) is 6.22. The third kappa shape index (κ3) is 8.69. The second kappa shape index (κ2) is 15.9. The molecule has 47 heavy (non-hydrogen) atoms. The van der Waals surface area contributed by atoms with Gasteiger partial charge in [-0.25, -0.2) is 8.42 Å². The molecular weight excluding hydrogens is 607 g/mol. The van der Waals surface area contributed by atoms with Crippen LogP contribution in [-0.2, 0) is 39.0 Å². The molecule has 0 heterocycles. The van der Waals surface area contributed by atoms with Crippen LogP contribution in [0.4, 0.5) is 5.69 Å². The number of benzene rings is 4. The van der Waals surface area contributed by atoms with Gasteiger partial charge in [0.1, 0.15) is 12.6 Å². The largest absolute Gasteiger partial charge is 0.352 e. The van der Waals surface area contributed by atoms with Crippen molar-refractivity contribution in [3.8, 4) is 0 Å². The molecule has 0 radical (unpaired) electrons. The van der Waals surface area contributed by atoms with E-state index in [1.165, 1.54) is 16.4 Å². The summed E-state index contributed by atoms with van der Waals surface area (Å²) < 4.78 is 29.6. The zero-order valence-electron chi connectivity index (χ0n) is 27.3. The van der Waals surface area contributed by atoms with Gasteiger partial charge in [-0.15, -0.1) is 0 Å². The van der Waals surface area contributed by atoms with Crippen LogP contribution in [0.15, 0.2) is 114 Å². The first kappa shape index (κ1) is 33.9. The van der Waals surface area contributed by atoms with Gasteiger partial charge >= 0.3 is 0 Å². The fraction of sp³-hybridized carbons (Fsp3) is 0.333. The summed E-state index contributed by atoms with van der Waals surface area (Å²) >= 11 is 0. The molecule has 0 spiro atoms. The van der Waals surface area contributed by atoms with Crippen molar-refractivity contribution < 1.29 is 18.0 Å².